The van der Waals surface area contributed by atoms with Crippen molar-refractivity contribution in [3.05, 3.63) is 11.6 Å². The number of ketones is 1. The maximum atomic E-state index is 11.7. The zero-order chi connectivity index (χ0) is 14.4. The number of hydrogen-bond donors (Lipinski definition) is 0. The Morgan fingerprint density at radius 3 is 2.76 bits per heavy atom. The number of carbonyl (C=O) groups is 1. The second-order valence-electron chi connectivity index (χ2n) is 8.32. The fourth-order valence-electron chi connectivity index (χ4n) is 6.59. The first-order valence-corrected chi connectivity index (χ1v) is 9.49. The largest absolute Gasteiger partial charge is 0.295 e. The summed E-state index contributed by atoms with van der Waals surface area (Å²) < 4.78 is 0. The number of rotatable bonds is 2. The van der Waals surface area contributed by atoms with Crippen LogP contribution in [0.3, 0.4) is 0 Å². The summed E-state index contributed by atoms with van der Waals surface area (Å²) >= 11 is 0. The van der Waals surface area contributed by atoms with E-state index in [1.165, 1.54) is 63.4 Å². The van der Waals surface area contributed by atoms with E-state index in [2.05, 4.69) is 6.92 Å². The molecule has 0 aliphatic heterocycles. The van der Waals surface area contributed by atoms with Crippen molar-refractivity contribution in [1.82, 2.24) is 0 Å². The zero-order valence-corrected chi connectivity index (χ0v) is 13.5. The molecule has 0 aromatic carbocycles. The molecule has 0 N–H and O–H groups in total. The predicted octanol–water partition coefficient (Wildman–Crippen LogP) is 5.15. The average molecular weight is 286 g/mol. The second-order valence-corrected chi connectivity index (χ2v) is 8.32. The number of carbonyl (C=O) groups excluding carboxylic acids is 1. The Morgan fingerprint density at radius 1 is 1.00 bits per heavy atom. The number of allylic oxidation sites excluding steroid dienone is 1. The molecule has 3 fully saturated rings. The molecule has 21 heavy (non-hydrogen) atoms. The lowest BCUT2D eigenvalue weighted by Crippen LogP contribution is -2.40. The highest BCUT2D eigenvalue weighted by molar-refractivity contribution is 5.91. The SMILES string of the molecule is CCCC1C[C@H]2CC[C@H]3[C@@H](CCC4=CC(=O)CC[C@@H]43)[C@@H]2C1. The standard InChI is InChI=1S/C20H30O/c1-2-3-13-10-14-4-7-18-17-9-6-16(21)12-15(17)5-8-19(18)20(14)11-13/h12-14,17-20H,2-11H2,1H3/t13?,14-,17+,18-,19-,20-/m1/s1. The summed E-state index contributed by atoms with van der Waals surface area (Å²) in [6.07, 6.45) is 15.5. The van der Waals surface area contributed by atoms with Gasteiger partial charge < -0.3 is 0 Å². The van der Waals surface area contributed by atoms with Crippen molar-refractivity contribution < 1.29 is 4.79 Å². The molecule has 4 aliphatic carbocycles. The molecule has 6 atom stereocenters. The van der Waals surface area contributed by atoms with Crippen LogP contribution < -0.4 is 0 Å². The van der Waals surface area contributed by atoms with Gasteiger partial charge in [-0.3, -0.25) is 4.79 Å². The minimum Gasteiger partial charge on any atom is -0.295 e. The van der Waals surface area contributed by atoms with E-state index in [-0.39, 0.29) is 0 Å². The normalized spacial score (nSPS) is 45.6. The van der Waals surface area contributed by atoms with Crippen LogP contribution in [0.15, 0.2) is 11.6 Å². The Balaban J connectivity index is 1.52. The van der Waals surface area contributed by atoms with Crippen LogP contribution in [-0.2, 0) is 4.79 Å². The van der Waals surface area contributed by atoms with Crippen LogP contribution in [0.2, 0.25) is 0 Å². The lowest BCUT2D eigenvalue weighted by Gasteiger charge is -2.49. The van der Waals surface area contributed by atoms with Gasteiger partial charge in [-0.2, -0.15) is 0 Å². The molecule has 0 aromatic heterocycles. The molecular weight excluding hydrogens is 256 g/mol. The zero-order valence-electron chi connectivity index (χ0n) is 13.5. The molecule has 0 aromatic rings. The summed E-state index contributed by atoms with van der Waals surface area (Å²) in [5, 5.41) is 0. The van der Waals surface area contributed by atoms with E-state index in [1.54, 1.807) is 0 Å². The van der Waals surface area contributed by atoms with E-state index in [0.717, 1.165) is 41.9 Å². The fourth-order valence-corrected chi connectivity index (χ4v) is 6.59. The van der Waals surface area contributed by atoms with Crippen LogP contribution in [-0.4, -0.2) is 5.78 Å². The molecule has 0 spiro atoms. The van der Waals surface area contributed by atoms with Crippen LogP contribution in [0.1, 0.15) is 71.1 Å². The van der Waals surface area contributed by atoms with Crippen molar-refractivity contribution in [1.29, 1.82) is 0 Å². The van der Waals surface area contributed by atoms with Crippen LogP contribution in [0, 0.1) is 35.5 Å². The molecule has 0 amide bonds. The van der Waals surface area contributed by atoms with E-state index in [0.29, 0.717) is 5.78 Å². The average Bonchev–Trinajstić information content (AvgIpc) is 2.89. The first-order chi connectivity index (χ1) is 10.3. The van der Waals surface area contributed by atoms with Gasteiger partial charge in [-0.25, -0.2) is 0 Å². The highest BCUT2D eigenvalue weighted by Gasteiger charge is 2.49. The number of fused-ring (bicyclic) bond motifs is 5. The van der Waals surface area contributed by atoms with Gasteiger partial charge in [-0.15, -0.1) is 0 Å². The highest BCUT2D eigenvalue weighted by Crippen LogP contribution is 2.58. The number of hydrogen-bond acceptors (Lipinski definition) is 1. The molecule has 0 radical (unpaired) electrons. The van der Waals surface area contributed by atoms with Crippen molar-refractivity contribution >= 4 is 5.78 Å². The maximum Gasteiger partial charge on any atom is 0.155 e. The predicted molar refractivity (Wildman–Crippen MR) is 85.9 cm³/mol. The monoisotopic (exact) mass is 286 g/mol. The van der Waals surface area contributed by atoms with E-state index in [4.69, 9.17) is 0 Å². The first kappa shape index (κ1) is 14.0. The fraction of sp³-hybridized carbons (Fsp3) is 0.850. The summed E-state index contributed by atoms with van der Waals surface area (Å²) in [6, 6.07) is 0. The van der Waals surface area contributed by atoms with Gasteiger partial charge in [0.1, 0.15) is 0 Å². The summed E-state index contributed by atoms with van der Waals surface area (Å²) in [6.45, 7) is 2.35. The molecule has 0 saturated heterocycles. The molecule has 0 heterocycles. The second kappa shape index (κ2) is 5.56. The summed E-state index contributed by atoms with van der Waals surface area (Å²) in [7, 11) is 0. The summed E-state index contributed by atoms with van der Waals surface area (Å²) in [4.78, 5) is 11.7. The summed E-state index contributed by atoms with van der Waals surface area (Å²) in [5.74, 6) is 6.25. The third kappa shape index (κ3) is 2.41. The molecule has 1 unspecified atom stereocenters. The molecule has 1 nitrogen and oxygen atoms in total. The molecule has 3 saturated carbocycles. The minimum atomic E-state index is 0.400. The Hall–Kier alpha value is -0.590. The Labute approximate surface area is 129 Å². The topological polar surface area (TPSA) is 17.1 Å². The lowest BCUT2D eigenvalue weighted by molar-refractivity contribution is -0.115. The van der Waals surface area contributed by atoms with Gasteiger partial charge in [0.05, 0.1) is 0 Å². The van der Waals surface area contributed by atoms with Crippen molar-refractivity contribution in [2.45, 2.75) is 71.1 Å². The Bertz CT molecular complexity index is 449. The third-order valence-electron chi connectivity index (χ3n) is 7.32. The molecule has 1 heteroatoms. The van der Waals surface area contributed by atoms with Crippen LogP contribution in [0.25, 0.3) is 0 Å². The van der Waals surface area contributed by atoms with Crippen molar-refractivity contribution in [2.24, 2.45) is 35.5 Å². The van der Waals surface area contributed by atoms with Gasteiger partial charge in [-0.05, 0) is 86.5 Å². The molecular formula is C20H30O. The van der Waals surface area contributed by atoms with Crippen molar-refractivity contribution in [3.63, 3.8) is 0 Å². The van der Waals surface area contributed by atoms with Gasteiger partial charge in [0.15, 0.2) is 5.78 Å². The lowest BCUT2D eigenvalue weighted by atomic mass is 9.56. The van der Waals surface area contributed by atoms with Crippen molar-refractivity contribution in [2.75, 3.05) is 0 Å². The maximum absolute atomic E-state index is 11.7. The molecule has 4 aliphatic rings. The molecule has 4 rings (SSSR count). The van der Waals surface area contributed by atoms with E-state index < -0.39 is 0 Å². The molecule has 0 bridgehead atoms. The summed E-state index contributed by atoms with van der Waals surface area (Å²) in [5.41, 5.74) is 1.54. The van der Waals surface area contributed by atoms with E-state index >= 15 is 0 Å². The van der Waals surface area contributed by atoms with E-state index in [1.807, 2.05) is 6.08 Å². The smallest absolute Gasteiger partial charge is 0.155 e. The van der Waals surface area contributed by atoms with Crippen LogP contribution in [0.4, 0.5) is 0 Å². The Morgan fingerprint density at radius 2 is 1.90 bits per heavy atom. The Kier molecular flexibility index (Phi) is 3.71. The third-order valence-corrected chi connectivity index (χ3v) is 7.32. The quantitative estimate of drug-likeness (QED) is 0.685. The first-order valence-electron chi connectivity index (χ1n) is 9.49. The van der Waals surface area contributed by atoms with Gasteiger partial charge in [0.2, 0.25) is 0 Å². The van der Waals surface area contributed by atoms with Crippen LogP contribution in [0.5, 0.6) is 0 Å². The molecule has 116 valence electrons. The van der Waals surface area contributed by atoms with Gasteiger partial charge in [-0.1, -0.05) is 25.3 Å². The van der Waals surface area contributed by atoms with Gasteiger partial charge >= 0.3 is 0 Å². The van der Waals surface area contributed by atoms with Gasteiger partial charge in [0, 0.05) is 6.42 Å². The minimum absolute atomic E-state index is 0.400. The van der Waals surface area contributed by atoms with E-state index in [9.17, 15) is 4.79 Å². The van der Waals surface area contributed by atoms with Crippen LogP contribution >= 0.6 is 0 Å². The highest BCUT2D eigenvalue weighted by atomic mass is 16.1. The van der Waals surface area contributed by atoms with Gasteiger partial charge in [0.25, 0.3) is 0 Å². The van der Waals surface area contributed by atoms with Crippen molar-refractivity contribution in [3.8, 4) is 0 Å².